The van der Waals surface area contributed by atoms with Crippen molar-refractivity contribution in [1.29, 1.82) is 0 Å². The average Bonchev–Trinajstić information content (AvgIpc) is 2.92. The van der Waals surface area contributed by atoms with Crippen LogP contribution in [0.25, 0.3) is 0 Å². The van der Waals surface area contributed by atoms with Crippen molar-refractivity contribution in [3.05, 3.63) is 50.1 Å². The molecule has 5 heteroatoms. The highest BCUT2D eigenvalue weighted by Crippen LogP contribution is 2.22. The van der Waals surface area contributed by atoms with Gasteiger partial charge in [-0.2, -0.15) is 0 Å². The first-order valence-corrected chi connectivity index (χ1v) is 9.60. The van der Waals surface area contributed by atoms with E-state index in [1.807, 2.05) is 0 Å². The Morgan fingerprint density at radius 1 is 1.17 bits per heavy atom. The van der Waals surface area contributed by atoms with Crippen LogP contribution in [0.1, 0.15) is 29.9 Å². The van der Waals surface area contributed by atoms with Crippen LogP contribution in [0.15, 0.2) is 34.1 Å². The Hall–Kier alpha value is -1.17. The van der Waals surface area contributed by atoms with Gasteiger partial charge in [0.25, 0.3) is 5.91 Å². The molecule has 3 nitrogen and oxygen atoms in total. The van der Waals surface area contributed by atoms with Gasteiger partial charge >= 0.3 is 0 Å². The Balaban J connectivity index is 1.99. The molecule has 0 saturated carbocycles. The lowest BCUT2D eigenvalue weighted by Gasteiger charge is -2.16. The lowest BCUT2D eigenvalue weighted by molar-refractivity contribution is -0.884. The molecule has 0 radical (unpaired) electrons. The fourth-order valence-corrected chi connectivity index (χ4v) is 4.26. The number of para-hydroxylation sites is 1. The van der Waals surface area contributed by atoms with Crippen LogP contribution in [0, 0.1) is 0 Å². The third kappa shape index (κ3) is 5.16. The van der Waals surface area contributed by atoms with Gasteiger partial charge in [-0.3, -0.25) is 4.79 Å². The summed E-state index contributed by atoms with van der Waals surface area (Å²) < 4.78 is 1.13. The second-order valence-corrected chi connectivity index (χ2v) is 8.27. The fraction of sp³-hybridized carbons (Fsp3) is 0.389. The highest BCUT2D eigenvalue weighted by molar-refractivity contribution is 9.11. The largest absolute Gasteiger partial charge is 0.325 e. The number of amides is 1. The zero-order valence-electron chi connectivity index (χ0n) is 13.9. The Kier molecular flexibility index (Phi) is 6.81. The predicted molar refractivity (Wildman–Crippen MR) is 101 cm³/mol. The normalized spacial score (nSPS) is 12.2. The minimum absolute atomic E-state index is 0.0775. The number of nitrogens with one attached hydrogen (secondary N) is 2. The van der Waals surface area contributed by atoms with Gasteiger partial charge < -0.3 is 10.2 Å². The summed E-state index contributed by atoms with van der Waals surface area (Å²) in [5.74, 6) is 0.0775. The summed E-state index contributed by atoms with van der Waals surface area (Å²) in [6.07, 6.45) is 1.85. The first-order valence-electron chi connectivity index (χ1n) is 7.99. The van der Waals surface area contributed by atoms with E-state index in [0.717, 1.165) is 28.9 Å². The predicted octanol–water partition coefficient (Wildman–Crippen LogP) is 3.29. The van der Waals surface area contributed by atoms with Gasteiger partial charge in [0.1, 0.15) is 6.54 Å². The van der Waals surface area contributed by atoms with Gasteiger partial charge in [-0.1, -0.05) is 32.0 Å². The number of halogens is 1. The highest BCUT2D eigenvalue weighted by Gasteiger charge is 2.15. The van der Waals surface area contributed by atoms with Crippen molar-refractivity contribution < 1.29 is 9.69 Å². The molecule has 1 aromatic heterocycles. The molecule has 1 unspecified atom stereocenters. The van der Waals surface area contributed by atoms with E-state index in [0.29, 0.717) is 6.54 Å². The highest BCUT2D eigenvalue weighted by atomic mass is 79.9. The first kappa shape index (κ1) is 18.2. The molecule has 0 saturated heterocycles. The number of rotatable bonds is 7. The lowest BCUT2D eigenvalue weighted by Crippen LogP contribution is -3.08. The summed E-state index contributed by atoms with van der Waals surface area (Å²) >= 11 is 5.20. The second-order valence-electron chi connectivity index (χ2n) is 5.72. The van der Waals surface area contributed by atoms with Crippen molar-refractivity contribution >= 4 is 38.9 Å². The Bertz CT molecular complexity index is 647. The van der Waals surface area contributed by atoms with E-state index in [4.69, 9.17) is 0 Å². The van der Waals surface area contributed by atoms with E-state index in [1.54, 1.807) is 11.3 Å². The first-order chi connectivity index (χ1) is 11.0. The number of aryl methyl sites for hydroxylation is 2. The molecular formula is C18H24BrN2OS+. The van der Waals surface area contributed by atoms with Crippen LogP contribution in [0.4, 0.5) is 5.69 Å². The molecule has 1 aromatic carbocycles. The monoisotopic (exact) mass is 395 g/mol. The van der Waals surface area contributed by atoms with E-state index in [-0.39, 0.29) is 5.91 Å². The summed E-state index contributed by atoms with van der Waals surface area (Å²) in [6.45, 7) is 5.57. The minimum Gasteiger partial charge on any atom is -0.325 e. The van der Waals surface area contributed by atoms with Crippen molar-refractivity contribution in [1.82, 2.24) is 0 Å². The van der Waals surface area contributed by atoms with Gasteiger partial charge in [0.05, 0.1) is 15.7 Å². The van der Waals surface area contributed by atoms with Crippen LogP contribution >= 0.6 is 27.3 Å². The second kappa shape index (κ2) is 8.62. The van der Waals surface area contributed by atoms with Crippen LogP contribution in [-0.4, -0.2) is 19.5 Å². The molecular weight excluding hydrogens is 372 g/mol. The van der Waals surface area contributed by atoms with Crippen molar-refractivity contribution in [3.8, 4) is 0 Å². The number of benzene rings is 1. The zero-order valence-corrected chi connectivity index (χ0v) is 16.3. The number of hydrogen-bond acceptors (Lipinski definition) is 2. The van der Waals surface area contributed by atoms with Crippen LogP contribution in [0.3, 0.4) is 0 Å². The number of carbonyl (C=O) groups is 1. The molecule has 0 spiro atoms. The van der Waals surface area contributed by atoms with Crippen LogP contribution < -0.4 is 10.2 Å². The number of anilines is 1. The van der Waals surface area contributed by atoms with Gasteiger partial charge in [-0.25, -0.2) is 0 Å². The summed E-state index contributed by atoms with van der Waals surface area (Å²) in [7, 11) is 2.06. The molecule has 2 rings (SSSR count). The molecule has 1 atom stereocenters. The van der Waals surface area contributed by atoms with Crippen molar-refractivity contribution in [2.24, 2.45) is 0 Å². The van der Waals surface area contributed by atoms with E-state index in [1.165, 1.54) is 20.9 Å². The van der Waals surface area contributed by atoms with Gasteiger partial charge in [0.15, 0.2) is 6.54 Å². The molecule has 0 aliphatic heterocycles. The van der Waals surface area contributed by atoms with Gasteiger partial charge in [0, 0.05) is 5.69 Å². The van der Waals surface area contributed by atoms with Gasteiger partial charge in [0.2, 0.25) is 0 Å². The van der Waals surface area contributed by atoms with Crippen molar-refractivity contribution in [2.45, 2.75) is 33.2 Å². The van der Waals surface area contributed by atoms with E-state index >= 15 is 0 Å². The minimum atomic E-state index is 0.0775. The standard InChI is InChI=1S/C18H23BrN2OS/c1-4-13-7-6-8-14(5-2)18(13)20-17(22)12-21(3)11-15-9-10-16(19)23-15/h6-10H,4-5,11-12H2,1-3H3,(H,20,22)/p+1. The summed E-state index contributed by atoms with van der Waals surface area (Å²) in [6, 6.07) is 10.4. The van der Waals surface area contributed by atoms with Crippen molar-refractivity contribution in [3.63, 3.8) is 0 Å². The van der Waals surface area contributed by atoms with Crippen LogP contribution in [0.2, 0.25) is 0 Å². The summed E-state index contributed by atoms with van der Waals surface area (Å²) in [5.41, 5.74) is 3.42. The summed E-state index contributed by atoms with van der Waals surface area (Å²) in [4.78, 5) is 14.9. The molecule has 2 aromatic rings. The number of hydrogen-bond donors (Lipinski definition) is 2. The molecule has 0 aliphatic rings. The molecule has 1 heterocycles. The van der Waals surface area contributed by atoms with Gasteiger partial charge in [-0.05, 0) is 52.0 Å². The molecule has 0 fully saturated rings. The smallest absolute Gasteiger partial charge is 0.279 e. The third-order valence-electron chi connectivity index (χ3n) is 3.83. The van der Waals surface area contributed by atoms with Crippen molar-refractivity contribution in [2.75, 3.05) is 18.9 Å². The molecule has 23 heavy (non-hydrogen) atoms. The number of likely N-dealkylation sites (N-methyl/N-ethyl adjacent to an activating group) is 1. The van der Waals surface area contributed by atoms with E-state index in [2.05, 4.69) is 72.5 Å². The Morgan fingerprint density at radius 2 is 1.83 bits per heavy atom. The molecule has 1 amide bonds. The zero-order chi connectivity index (χ0) is 16.8. The summed E-state index contributed by atoms with van der Waals surface area (Å²) in [5, 5.41) is 3.14. The maximum Gasteiger partial charge on any atom is 0.279 e. The molecule has 0 aliphatic carbocycles. The number of thiophene rings is 1. The average molecular weight is 396 g/mol. The molecule has 2 N–H and O–H groups in total. The Morgan fingerprint density at radius 3 is 2.35 bits per heavy atom. The van der Waals surface area contributed by atoms with E-state index in [9.17, 15) is 4.79 Å². The number of carbonyl (C=O) groups excluding carboxylic acids is 1. The SMILES string of the molecule is CCc1cccc(CC)c1NC(=O)C[NH+](C)Cc1ccc(Br)s1. The maximum atomic E-state index is 12.4. The quantitative estimate of drug-likeness (QED) is 0.740. The Labute approximate surface area is 150 Å². The molecule has 0 bridgehead atoms. The van der Waals surface area contributed by atoms with Gasteiger partial charge in [-0.15, -0.1) is 11.3 Å². The van der Waals surface area contributed by atoms with E-state index < -0.39 is 0 Å². The molecule has 124 valence electrons. The third-order valence-corrected chi connectivity index (χ3v) is 5.45. The van der Waals surface area contributed by atoms with Crippen LogP contribution in [-0.2, 0) is 24.2 Å². The lowest BCUT2D eigenvalue weighted by atomic mass is 10.0. The van der Waals surface area contributed by atoms with Crippen LogP contribution in [0.5, 0.6) is 0 Å². The fourth-order valence-electron chi connectivity index (χ4n) is 2.67. The topological polar surface area (TPSA) is 33.5 Å². The maximum absolute atomic E-state index is 12.4. The number of quaternary nitrogens is 1.